The van der Waals surface area contributed by atoms with Crippen LogP contribution in [0.3, 0.4) is 0 Å². The highest BCUT2D eigenvalue weighted by Gasteiger charge is 2.49. The minimum absolute atomic E-state index is 0.0793. The second-order valence-electron chi connectivity index (χ2n) is 14.4. The maximum atomic E-state index is 14.5. The Morgan fingerprint density at radius 1 is 0.615 bits per heavy atom. The van der Waals surface area contributed by atoms with Crippen molar-refractivity contribution in [2.75, 3.05) is 19.1 Å². The number of fused-ring (bicyclic) bond motifs is 1. The average Bonchev–Trinajstić information content (AvgIpc) is 3.18. The van der Waals surface area contributed by atoms with Crippen molar-refractivity contribution in [2.24, 2.45) is 0 Å². The Hall–Kier alpha value is -5.87. The summed E-state index contributed by atoms with van der Waals surface area (Å²) in [5.41, 5.74) is 7.26. The van der Waals surface area contributed by atoms with Gasteiger partial charge in [0.2, 0.25) is 0 Å². The predicted molar refractivity (Wildman–Crippen MR) is 212 cm³/mol. The first-order valence-corrected chi connectivity index (χ1v) is 17.8. The second kappa shape index (κ2) is 14.0. The summed E-state index contributed by atoms with van der Waals surface area (Å²) in [5, 5.41) is 0. The molecule has 6 aromatic carbocycles. The van der Waals surface area contributed by atoms with Gasteiger partial charge in [0.05, 0.1) is 19.6 Å². The molecule has 0 fully saturated rings. The fourth-order valence-electron chi connectivity index (χ4n) is 8.52. The Balaban J connectivity index is 1.46. The van der Waals surface area contributed by atoms with Gasteiger partial charge in [-0.1, -0.05) is 146 Å². The monoisotopic (exact) mass is 683 g/mol. The van der Waals surface area contributed by atoms with Crippen LogP contribution in [0.15, 0.2) is 164 Å². The summed E-state index contributed by atoms with van der Waals surface area (Å²) in [7, 11) is 3.23. The van der Waals surface area contributed by atoms with Crippen molar-refractivity contribution < 1.29 is 14.3 Å². The van der Waals surface area contributed by atoms with E-state index in [2.05, 4.69) is 160 Å². The lowest BCUT2D eigenvalue weighted by Gasteiger charge is -2.51. The number of carbonyl (C=O) groups excluding carboxylic acids is 1. The first-order valence-electron chi connectivity index (χ1n) is 17.8. The van der Waals surface area contributed by atoms with E-state index in [0.717, 1.165) is 28.8 Å². The van der Waals surface area contributed by atoms with Gasteiger partial charge in [-0.05, 0) is 83.5 Å². The molecule has 0 N–H and O–H groups in total. The van der Waals surface area contributed by atoms with E-state index in [1.807, 2.05) is 29.2 Å². The quantitative estimate of drug-likeness (QED) is 0.112. The lowest BCUT2D eigenvalue weighted by molar-refractivity contribution is -0.115. The molecule has 6 aromatic rings. The van der Waals surface area contributed by atoms with Gasteiger partial charge in [0.15, 0.2) is 11.5 Å². The van der Waals surface area contributed by atoms with Gasteiger partial charge in [0.25, 0.3) is 5.91 Å². The van der Waals surface area contributed by atoms with Crippen molar-refractivity contribution in [1.29, 1.82) is 0 Å². The predicted octanol–water partition coefficient (Wildman–Crippen LogP) is 10.6. The Bertz CT molecular complexity index is 2100. The number of nitrogens with zero attached hydrogens (tertiary/aromatic N) is 1. The number of rotatable bonds is 9. The van der Waals surface area contributed by atoms with E-state index in [-0.39, 0.29) is 5.91 Å². The highest BCUT2D eigenvalue weighted by molar-refractivity contribution is 6.06. The van der Waals surface area contributed by atoms with E-state index in [1.54, 1.807) is 20.3 Å². The molecule has 1 atom stereocenters. The molecule has 1 heterocycles. The minimum atomic E-state index is -0.620. The van der Waals surface area contributed by atoms with Gasteiger partial charge in [-0.25, -0.2) is 0 Å². The molecule has 52 heavy (non-hydrogen) atoms. The van der Waals surface area contributed by atoms with Crippen LogP contribution in [0, 0.1) is 0 Å². The topological polar surface area (TPSA) is 38.8 Å². The summed E-state index contributed by atoms with van der Waals surface area (Å²) in [6.45, 7) is 6.69. The summed E-state index contributed by atoms with van der Waals surface area (Å²) in [5.74, 6) is 1.18. The highest BCUT2D eigenvalue weighted by atomic mass is 16.5. The van der Waals surface area contributed by atoms with E-state index >= 15 is 0 Å². The molecule has 260 valence electrons. The maximum absolute atomic E-state index is 14.5. The van der Waals surface area contributed by atoms with Crippen molar-refractivity contribution >= 4 is 17.7 Å². The third-order valence-corrected chi connectivity index (χ3v) is 10.7. The molecule has 0 spiro atoms. The fourth-order valence-corrected chi connectivity index (χ4v) is 8.52. The second-order valence-corrected chi connectivity index (χ2v) is 14.4. The summed E-state index contributed by atoms with van der Waals surface area (Å²) < 4.78 is 11.0. The van der Waals surface area contributed by atoms with Crippen LogP contribution in [0.25, 0.3) is 6.08 Å². The van der Waals surface area contributed by atoms with Gasteiger partial charge in [-0.15, -0.1) is 0 Å². The molecule has 0 bridgehead atoms. The van der Waals surface area contributed by atoms with E-state index in [0.29, 0.717) is 11.5 Å². The summed E-state index contributed by atoms with van der Waals surface area (Å²) in [4.78, 5) is 16.5. The van der Waals surface area contributed by atoms with Crippen LogP contribution in [0.4, 0.5) is 5.69 Å². The molecule has 0 radical (unpaired) electrons. The molecule has 1 aliphatic heterocycles. The fraction of sp³-hybridized carbons (Fsp3) is 0.188. The summed E-state index contributed by atoms with van der Waals surface area (Å²) >= 11 is 0. The lowest BCUT2D eigenvalue weighted by Crippen LogP contribution is -2.55. The van der Waals surface area contributed by atoms with Crippen molar-refractivity contribution in [3.63, 3.8) is 0 Å². The Kier molecular flexibility index (Phi) is 9.33. The van der Waals surface area contributed by atoms with E-state index in [1.165, 1.54) is 22.3 Å². The summed E-state index contributed by atoms with van der Waals surface area (Å²) in [6.07, 6.45) is 4.25. The van der Waals surface area contributed by atoms with E-state index in [4.69, 9.17) is 9.47 Å². The Labute approximate surface area is 308 Å². The normalized spacial score (nSPS) is 16.7. The third-order valence-electron chi connectivity index (χ3n) is 10.7. The molecular weight excluding hydrogens is 639 g/mol. The molecule has 0 aliphatic carbocycles. The first-order chi connectivity index (χ1) is 25.2. The summed E-state index contributed by atoms with van der Waals surface area (Å²) in [6, 6.07) is 55.5. The SMILES string of the molecule is COc1ccc(/C=C\C(=O)N2c3ccc(C(c4ccccc4)(c4ccccc4)c4ccccc4)cc3[C@](C)(c3ccccc3)CC2(C)C)cc1OC. The maximum Gasteiger partial charge on any atom is 0.251 e. The number of ether oxygens (including phenoxy) is 2. The zero-order chi connectivity index (χ0) is 36.3. The molecule has 1 amide bonds. The Morgan fingerprint density at radius 3 is 1.65 bits per heavy atom. The van der Waals surface area contributed by atoms with Crippen molar-refractivity contribution in [1.82, 2.24) is 0 Å². The van der Waals surface area contributed by atoms with Crippen LogP contribution in [0.2, 0.25) is 0 Å². The number of anilines is 1. The molecule has 4 nitrogen and oxygen atoms in total. The molecule has 0 unspecified atom stereocenters. The first kappa shape index (κ1) is 34.6. The molecule has 0 aromatic heterocycles. The van der Waals surface area contributed by atoms with Crippen molar-refractivity contribution in [2.45, 2.75) is 43.6 Å². The molecule has 7 rings (SSSR count). The lowest BCUT2D eigenvalue weighted by atomic mass is 9.61. The number of amides is 1. The van der Waals surface area contributed by atoms with Crippen LogP contribution < -0.4 is 14.4 Å². The number of methoxy groups -OCH3 is 2. The van der Waals surface area contributed by atoms with Gasteiger partial charge in [-0.3, -0.25) is 4.79 Å². The van der Waals surface area contributed by atoms with E-state index < -0.39 is 16.4 Å². The molecule has 4 heteroatoms. The number of carbonyl (C=O) groups is 1. The van der Waals surface area contributed by atoms with Crippen LogP contribution in [0.5, 0.6) is 11.5 Å². The number of benzene rings is 6. The molecule has 0 saturated carbocycles. The largest absolute Gasteiger partial charge is 0.493 e. The molecule has 1 aliphatic rings. The zero-order valence-corrected chi connectivity index (χ0v) is 30.5. The molecule has 0 saturated heterocycles. The third kappa shape index (κ3) is 5.98. The zero-order valence-electron chi connectivity index (χ0n) is 30.5. The van der Waals surface area contributed by atoms with Crippen molar-refractivity contribution in [3.8, 4) is 11.5 Å². The van der Waals surface area contributed by atoms with Gasteiger partial charge < -0.3 is 14.4 Å². The van der Waals surface area contributed by atoms with Crippen molar-refractivity contribution in [3.05, 3.63) is 203 Å². The molecular formula is C48H45NO3. The minimum Gasteiger partial charge on any atom is -0.493 e. The number of hydrogen-bond donors (Lipinski definition) is 0. The average molecular weight is 684 g/mol. The van der Waals surface area contributed by atoms with Crippen LogP contribution >= 0.6 is 0 Å². The van der Waals surface area contributed by atoms with Gasteiger partial charge in [-0.2, -0.15) is 0 Å². The van der Waals surface area contributed by atoms with Gasteiger partial charge in [0, 0.05) is 22.7 Å². The van der Waals surface area contributed by atoms with E-state index in [9.17, 15) is 4.79 Å². The Morgan fingerprint density at radius 2 is 1.13 bits per heavy atom. The van der Waals surface area contributed by atoms with Crippen LogP contribution in [0.1, 0.15) is 66.1 Å². The van der Waals surface area contributed by atoms with Gasteiger partial charge in [0.1, 0.15) is 0 Å². The smallest absolute Gasteiger partial charge is 0.251 e. The standard InChI is InChI=1S/C48H45NO3/c1-46(2)34-47(3,36-18-10-6-11-19-36)41-33-40(28-29-42(41)49(46)45(50)31-27-35-26-30-43(51-4)44(32-35)52-5)48(37-20-12-7-13-21-37,38-22-14-8-15-23-38)39-24-16-9-17-25-39/h6-33H,34H2,1-5H3/b31-27-/t47-/m0/s1. The van der Waals surface area contributed by atoms with Crippen LogP contribution in [-0.4, -0.2) is 25.7 Å². The van der Waals surface area contributed by atoms with Gasteiger partial charge >= 0.3 is 0 Å². The van der Waals surface area contributed by atoms with Crippen LogP contribution in [-0.2, 0) is 15.6 Å². The highest BCUT2D eigenvalue weighted by Crippen LogP contribution is 2.53. The number of hydrogen-bond acceptors (Lipinski definition) is 3.